The highest BCUT2D eigenvalue weighted by atomic mass is 19.3. The number of benzene rings is 6. The third-order valence-corrected chi connectivity index (χ3v) is 9.84. The molecule has 0 aliphatic rings. The van der Waals surface area contributed by atoms with Gasteiger partial charge in [-0.25, -0.2) is 4.79 Å². The first-order valence-corrected chi connectivity index (χ1v) is 18.6. The van der Waals surface area contributed by atoms with Crippen LogP contribution in [0.4, 0.5) is 26.3 Å². The standard InChI is InChI=1S/C48H38F6O6/c1-48(37-17-25-39(26-18-37)57-29-33-5-13-35(14-6-33)47(55)56-2,36-15-7-31(8-16-36)3-4-32-9-21-41(22-10-32)59-45(53)43(49)50)38-19-27-40(28-20-38)58-30-34-11-23-42(24-12-34)60-46(54)44(51)52/h5-28H,3-4,29-30H2,1-2H3. The van der Waals surface area contributed by atoms with Gasteiger partial charge in [0.05, 0.1) is 12.7 Å². The molecule has 12 heteroatoms. The fourth-order valence-corrected chi connectivity index (χ4v) is 6.41. The zero-order valence-corrected chi connectivity index (χ0v) is 32.4. The lowest BCUT2D eigenvalue weighted by atomic mass is 9.71. The van der Waals surface area contributed by atoms with E-state index in [1.165, 1.54) is 31.4 Å². The van der Waals surface area contributed by atoms with Crippen LogP contribution in [0.2, 0.25) is 0 Å². The topological polar surface area (TPSA) is 63.2 Å². The van der Waals surface area contributed by atoms with Crippen LogP contribution in [0.1, 0.15) is 56.2 Å². The number of carbonyl (C=O) groups is 1. The Bertz CT molecular complexity index is 2290. The van der Waals surface area contributed by atoms with Crippen LogP contribution in [0.5, 0.6) is 23.0 Å². The second-order valence-electron chi connectivity index (χ2n) is 13.7. The molecule has 0 spiro atoms. The van der Waals surface area contributed by atoms with Crippen molar-refractivity contribution in [2.24, 2.45) is 0 Å². The van der Waals surface area contributed by atoms with Crippen molar-refractivity contribution < 1.29 is 54.8 Å². The molecule has 0 fully saturated rings. The Hall–Kier alpha value is -6.95. The number of carbonyl (C=O) groups excluding carboxylic acids is 1. The number of esters is 1. The average molecular weight is 825 g/mol. The van der Waals surface area contributed by atoms with Crippen molar-refractivity contribution in [2.45, 2.75) is 38.4 Å². The monoisotopic (exact) mass is 824 g/mol. The molecule has 0 heterocycles. The van der Waals surface area contributed by atoms with Crippen molar-refractivity contribution in [3.05, 3.63) is 214 Å². The molecule has 308 valence electrons. The van der Waals surface area contributed by atoms with E-state index in [9.17, 15) is 31.1 Å². The summed E-state index contributed by atoms with van der Waals surface area (Å²) >= 11 is 0. The van der Waals surface area contributed by atoms with Crippen LogP contribution in [0, 0.1) is 0 Å². The first-order valence-electron chi connectivity index (χ1n) is 18.6. The molecule has 6 nitrogen and oxygen atoms in total. The molecule has 0 saturated heterocycles. The van der Waals surface area contributed by atoms with Crippen LogP contribution in [0.25, 0.3) is 0 Å². The Morgan fingerprint density at radius 3 is 1.13 bits per heavy atom. The molecule has 6 aromatic rings. The van der Waals surface area contributed by atoms with Gasteiger partial charge in [-0.1, -0.05) is 84.9 Å². The molecule has 0 aliphatic heterocycles. The Morgan fingerprint density at radius 2 is 0.767 bits per heavy atom. The molecule has 0 aromatic heterocycles. The van der Waals surface area contributed by atoms with Gasteiger partial charge in [-0.2, -0.15) is 26.3 Å². The number of hydrogen-bond acceptors (Lipinski definition) is 6. The van der Waals surface area contributed by atoms with E-state index in [4.69, 9.17) is 14.2 Å². The van der Waals surface area contributed by atoms with Gasteiger partial charge in [-0.3, -0.25) is 0 Å². The smallest absolute Gasteiger partial charge is 0.344 e. The van der Waals surface area contributed by atoms with Crippen molar-refractivity contribution in [3.63, 3.8) is 0 Å². The lowest BCUT2D eigenvalue weighted by molar-refractivity contribution is 0.0600. The second-order valence-corrected chi connectivity index (χ2v) is 13.7. The van der Waals surface area contributed by atoms with Crippen molar-refractivity contribution in [2.75, 3.05) is 7.11 Å². The highest BCUT2D eigenvalue weighted by molar-refractivity contribution is 5.89. The molecule has 0 aliphatic carbocycles. The second kappa shape index (κ2) is 19.7. The molecule has 0 N–H and O–H groups in total. The van der Waals surface area contributed by atoms with Crippen LogP contribution in [0.3, 0.4) is 0 Å². The number of aryl methyl sites for hydroxylation is 2. The molecule has 0 saturated carbocycles. The highest BCUT2D eigenvalue weighted by Crippen LogP contribution is 2.40. The molecular weight excluding hydrogens is 787 g/mol. The maximum atomic E-state index is 13.2. The van der Waals surface area contributed by atoms with E-state index in [1.807, 2.05) is 60.7 Å². The number of rotatable bonds is 17. The number of methoxy groups -OCH3 is 1. The predicted octanol–water partition coefficient (Wildman–Crippen LogP) is 12.6. The molecule has 0 radical (unpaired) electrons. The number of hydrogen-bond donors (Lipinski definition) is 0. The molecule has 6 rings (SSSR count). The summed E-state index contributed by atoms with van der Waals surface area (Å²) in [5.41, 5.74) is 6.37. The minimum Gasteiger partial charge on any atom is -0.489 e. The van der Waals surface area contributed by atoms with Gasteiger partial charge in [0.2, 0.25) is 0 Å². The lowest BCUT2D eigenvalue weighted by Crippen LogP contribution is -2.25. The average Bonchev–Trinajstić information content (AvgIpc) is 3.28. The van der Waals surface area contributed by atoms with Crippen molar-refractivity contribution in [3.8, 4) is 23.0 Å². The molecule has 1 atom stereocenters. The van der Waals surface area contributed by atoms with Crippen LogP contribution in [0.15, 0.2) is 170 Å². The van der Waals surface area contributed by atoms with Gasteiger partial charge in [-0.15, -0.1) is 0 Å². The van der Waals surface area contributed by atoms with Gasteiger partial charge in [0.15, 0.2) is 0 Å². The fraction of sp³-hybridized carbons (Fsp3) is 0.146. The van der Waals surface area contributed by atoms with E-state index >= 15 is 0 Å². The fourth-order valence-electron chi connectivity index (χ4n) is 6.41. The summed E-state index contributed by atoms with van der Waals surface area (Å²) < 4.78 is 102. The number of halogens is 6. The maximum absolute atomic E-state index is 13.2. The Balaban J connectivity index is 1.18. The molecule has 1 unspecified atom stereocenters. The summed E-state index contributed by atoms with van der Waals surface area (Å²) in [6.45, 7) is 2.59. The molecule has 0 bridgehead atoms. The van der Waals surface area contributed by atoms with Crippen LogP contribution in [-0.4, -0.2) is 13.1 Å². The molecule has 6 aromatic carbocycles. The third-order valence-electron chi connectivity index (χ3n) is 9.84. The van der Waals surface area contributed by atoms with E-state index in [-0.39, 0.29) is 18.1 Å². The van der Waals surface area contributed by atoms with Crippen LogP contribution < -0.4 is 18.9 Å². The summed E-state index contributed by atoms with van der Waals surface area (Å²) in [6, 6.07) is 39.2. The summed E-state index contributed by atoms with van der Waals surface area (Å²) in [7, 11) is 1.33. The first-order chi connectivity index (χ1) is 28.9. The lowest BCUT2D eigenvalue weighted by Gasteiger charge is -2.32. The van der Waals surface area contributed by atoms with E-state index in [0.717, 1.165) is 33.4 Å². The van der Waals surface area contributed by atoms with Gasteiger partial charge in [-0.05, 0) is 119 Å². The van der Waals surface area contributed by atoms with Gasteiger partial charge in [0, 0.05) is 5.41 Å². The van der Waals surface area contributed by atoms with E-state index in [0.29, 0.717) is 42.1 Å². The molecular formula is C48H38F6O6. The third kappa shape index (κ3) is 11.0. The Morgan fingerprint density at radius 1 is 0.450 bits per heavy atom. The van der Waals surface area contributed by atoms with Gasteiger partial charge in [0.25, 0.3) is 0 Å². The summed E-state index contributed by atoms with van der Waals surface area (Å²) in [6.07, 6.45) is -3.72. The van der Waals surface area contributed by atoms with E-state index in [1.54, 1.807) is 36.4 Å². The zero-order chi connectivity index (χ0) is 42.6. The number of ether oxygens (including phenoxy) is 5. The van der Waals surface area contributed by atoms with Crippen molar-refractivity contribution in [1.82, 2.24) is 0 Å². The minimum atomic E-state index is -2.54. The summed E-state index contributed by atoms with van der Waals surface area (Å²) in [5, 5.41) is 0. The van der Waals surface area contributed by atoms with Crippen LogP contribution in [-0.2, 0) is 36.2 Å². The van der Waals surface area contributed by atoms with Crippen molar-refractivity contribution >= 4 is 5.97 Å². The summed E-state index contributed by atoms with van der Waals surface area (Å²) in [4.78, 5) is 11.8. The highest BCUT2D eigenvalue weighted by Gasteiger charge is 2.31. The SMILES string of the molecule is COC(=O)c1ccc(COc2ccc(C(C)(c3ccc(CCc4ccc(OC(F)=C(F)F)cc4)cc3)c3ccc(OCc4ccc(OC(F)=C(F)F)cc4)cc3)cc2)cc1. The summed E-state index contributed by atoms with van der Waals surface area (Å²) in [5.74, 6) is 0.733. The Labute approximate surface area is 342 Å². The van der Waals surface area contributed by atoms with Gasteiger partial charge in [0.1, 0.15) is 36.2 Å². The molecule has 0 amide bonds. The van der Waals surface area contributed by atoms with Crippen LogP contribution >= 0.6 is 0 Å². The normalized spacial score (nSPS) is 11.8. The quantitative estimate of drug-likeness (QED) is 0.0395. The minimum absolute atomic E-state index is 0.0252. The first kappa shape index (κ1) is 42.7. The predicted molar refractivity (Wildman–Crippen MR) is 214 cm³/mol. The van der Waals surface area contributed by atoms with Crippen molar-refractivity contribution in [1.29, 1.82) is 0 Å². The van der Waals surface area contributed by atoms with Gasteiger partial charge < -0.3 is 23.7 Å². The Kier molecular flexibility index (Phi) is 14.0. The largest absolute Gasteiger partial charge is 0.489 e. The van der Waals surface area contributed by atoms with Gasteiger partial charge >= 0.3 is 30.2 Å². The zero-order valence-electron chi connectivity index (χ0n) is 32.4. The molecule has 60 heavy (non-hydrogen) atoms. The van der Waals surface area contributed by atoms with E-state index < -0.39 is 35.6 Å². The van der Waals surface area contributed by atoms with E-state index in [2.05, 4.69) is 40.7 Å². The maximum Gasteiger partial charge on any atom is 0.344 e.